The topological polar surface area (TPSA) is 97.1 Å². The molecule has 1 amide bonds. The van der Waals surface area contributed by atoms with Crippen LogP contribution < -0.4 is 4.74 Å². The smallest absolute Gasteiger partial charge is 0.335 e. The second-order valence-corrected chi connectivity index (χ2v) is 12.6. The molecule has 0 bridgehead atoms. The van der Waals surface area contributed by atoms with Gasteiger partial charge in [-0.3, -0.25) is 9.69 Å². The zero-order valence-electron chi connectivity index (χ0n) is 26.0. The monoisotopic (exact) mass is 624 g/mol. The molecule has 2 atom stereocenters. The fourth-order valence-corrected chi connectivity index (χ4v) is 6.70. The van der Waals surface area contributed by atoms with E-state index in [1.807, 2.05) is 24.3 Å². The Morgan fingerprint density at radius 1 is 1.02 bits per heavy atom. The van der Waals surface area contributed by atoms with Crippen LogP contribution in [0.15, 0.2) is 60.7 Å². The van der Waals surface area contributed by atoms with E-state index < -0.39 is 17.9 Å². The van der Waals surface area contributed by atoms with Crippen molar-refractivity contribution in [1.82, 2.24) is 19.4 Å². The Morgan fingerprint density at radius 2 is 1.80 bits per heavy atom. The third-order valence-corrected chi connectivity index (χ3v) is 9.38. The van der Waals surface area contributed by atoms with E-state index in [2.05, 4.69) is 15.5 Å². The van der Waals surface area contributed by atoms with Crippen LogP contribution >= 0.6 is 0 Å². The van der Waals surface area contributed by atoms with E-state index in [-0.39, 0.29) is 23.5 Å². The molecule has 3 aromatic carbocycles. The maximum absolute atomic E-state index is 15.2. The maximum Gasteiger partial charge on any atom is 0.335 e. The van der Waals surface area contributed by atoms with E-state index in [9.17, 15) is 14.7 Å². The standard InChI is InChI=1S/C36H37FN4O5/c1-39(2)35(42)24-6-9-28(29(37)18-24)32-11-8-23-4-3-5-27(34(23)46-32)22-12-15-40(16-13-22)21-33-38-30-10-7-25(36(43)44)19-31(30)41(33)20-26-14-17-45-26/h3-11,18-19,22,26,32H,12-17,20-21H2,1-2H3,(H,43,44)/t26-,32+/m0/s1. The lowest BCUT2D eigenvalue weighted by molar-refractivity contribution is -0.0592. The summed E-state index contributed by atoms with van der Waals surface area (Å²) < 4.78 is 29.6. The molecule has 0 aliphatic carbocycles. The van der Waals surface area contributed by atoms with Crippen LogP contribution in [0.4, 0.5) is 4.39 Å². The molecule has 2 saturated heterocycles. The van der Waals surface area contributed by atoms with Crippen LogP contribution in [0.3, 0.4) is 0 Å². The Hall–Kier alpha value is -4.54. The summed E-state index contributed by atoms with van der Waals surface area (Å²) in [6, 6.07) is 15.9. The number of hydrogen-bond donors (Lipinski definition) is 1. The first-order valence-corrected chi connectivity index (χ1v) is 15.8. The largest absolute Gasteiger partial charge is 0.481 e. The van der Waals surface area contributed by atoms with E-state index in [1.54, 1.807) is 44.4 Å². The number of carboxylic acids is 1. The lowest BCUT2D eigenvalue weighted by atomic mass is 9.87. The van der Waals surface area contributed by atoms with Crippen LogP contribution in [0.1, 0.15) is 74.5 Å². The summed E-state index contributed by atoms with van der Waals surface area (Å²) in [5.41, 5.74) is 4.67. The number of aromatic carboxylic acids is 1. The molecule has 0 spiro atoms. The molecule has 3 aliphatic heterocycles. The summed E-state index contributed by atoms with van der Waals surface area (Å²) in [5.74, 6) is 0.320. The van der Waals surface area contributed by atoms with Gasteiger partial charge in [-0.05, 0) is 80.2 Å². The van der Waals surface area contributed by atoms with Gasteiger partial charge in [0, 0.05) is 37.4 Å². The third-order valence-electron chi connectivity index (χ3n) is 9.38. The summed E-state index contributed by atoms with van der Waals surface area (Å²) in [7, 11) is 3.29. The van der Waals surface area contributed by atoms with Crippen LogP contribution in [0, 0.1) is 5.82 Å². The van der Waals surface area contributed by atoms with Crippen LogP contribution in [-0.2, 0) is 17.8 Å². The van der Waals surface area contributed by atoms with Gasteiger partial charge in [-0.25, -0.2) is 14.2 Å². The van der Waals surface area contributed by atoms with Gasteiger partial charge in [0.15, 0.2) is 0 Å². The molecule has 4 aromatic rings. The van der Waals surface area contributed by atoms with Gasteiger partial charge >= 0.3 is 5.97 Å². The van der Waals surface area contributed by atoms with E-state index in [0.717, 1.165) is 72.7 Å². The first-order chi connectivity index (χ1) is 22.2. The molecule has 4 heterocycles. The van der Waals surface area contributed by atoms with Crippen molar-refractivity contribution in [2.24, 2.45) is 0 Å². The van der Waals surface area contributed by atoms with Crippen molar-refractivity contribution in [1.29, 1.82) is 0 Å². The van der Waals surface area contributed by atoms with Gasteiger partial charge in [0.1, 0.15) is 23.5 Å². The normalized spacial score (nSPS) is 19.8. The Bertz CT molecular complexity index is 1840. The number of para-hydroxylation sites is 1. The highest BCUT2D eigenvalue weighted by Crippen LogP contribution is 2.42. The van der Waals surface area contributed by atoms with Gasteiger partial charge in [0.25, 0.3) is 5.91 Å². The zero-order chi connectivity index (χ0) is 31.9. The lowest BCUT2D eigenvalue weighted by Gasteiger charge is -2.34. The van der Waals surface area contributed by atoms with E-state index in [4.69, 9.17) is 14.5 Å². The molecule has 0 unspecified atom stereocenters. The molecule has 7 rings (SSSR count). The number of hydrogen-bond acceptors (Lipinski definition) is 6. The number of carboxylic acid groups (broad SMARTS) is 1. The second kappa shape index (κ2) is 12.3. The van der Waals surface area contributed by atoms with Crippen LogP contribution in [0.2, 0.25) is 0 Å². The maximum atomic E-state index is 15.2. The number of amides is 1. The van der Waals surface area contributed by atoms with Gasteiger partial charge in [0.2, 0.25) is 0 Å². The summed E-state index contributed by atoms with van der Waals surface area (Å²) >= 11 is 0. The Kier molecular flexibility index (Phi) is 8.08. The number of carbonyl (C=O) groups excluding carboxylic acids is 1. The van der Waals surface area contributed by atoms with Crippen LogP contribution in [0.5, 0.6) is 5.75 Å². The first-order valence-electron chi connectivity index (χ1n) is 15.8. The lowest BCUT2D eigenvalue weighted by Crippen LogP contribution is -2.35. The predicted molar refractivity (Wildman–Crippen MR) is 172 cm³/mol. The summed E-state index contributed by atoms with van der Waals surface area (Å²) in [4.78, 5) is 32.7. The third kappa shape index (κ3) is 5.78. The van der Waals surface area contributed by atoms with Gasteiger partial charge in [-0.15, -0.1) is 0 Å². The second-order valence-electron chi connectivity index (χ2n) is 12.6. The molecule has 238 valence electrons. The Labute approximate surface area is 266 Å². The number of nitrogens with zero attached hydrogens (tertiary/aromatic N) is 4. The number of halogens is 1. The molecule has 0 saturated carbocycles. The highest BCUT2D eigenvalue weighted by molar-refractivity contribution is 5.94. The SMILES string of the molecule is CN(C)C(=O)c1ccc([C@H]2C=Cc3cccc(C4CCN(Cc5nc6ccc(C(=O)O)cc6n5C[C@@H]5CCO5)CC4)c3O2)c(F)c1. The van der Waals surface area contributed by atoms with Crippen molar-refractivity contribution < 1.29 is 28.6 Å². The van der Waals surface area contributed by atoms with Crippen molar-refractivity contribution in [2.45, 2.75) is 50.5 Å². The van der Waals surface area contributed by atoms with Crippen molar-refractivity contribution in [3.05, 3.63) is 100 Å². The molecular formula is C36H37FN4O5. The van der Waals surface area contributed by atoms with Crippen LogP contribution in [0.25, 0.3) is 17.1 Å². The quantitative estimate of drug-likeness (QED) is 0.261. The molecule has 10 heteroatoms. The van der Waals surface area contributed by atoms with Gasteiger partial charge in [-0.2, -0.15) is 0 Å². The minimum absolute atomic E-state index is 0.115. The highest BCUT2D eigenvalue weighted by Gasteiger charge is 2.29. The van der Waals surface area contributed by atoms with Crippen LogP contribution in [-0.4, -0.2) is 76.2 Å². The number of benzene rings is 3. The Morgan fingerprint density at radius 3 is 2.50 bits per heavy atom. The Balaban J connectivity index is 1.06. The molecule has 1 aromatic heterocycles. The van der Waals surface area contributed by atoms with Gasteiger partial charge in [-0.1, -0.05) is 30.3 Å². The number of rotatable bonds is 8. The van der Waals surface area contributed by atoms with Gasteiger partial charge in [0.05, 0.1) is 35.8 Å². The number of likely N-dealkylation sites (tertiary alicyclic amines) is 1. The fourth-order valence-electron chi connectivity index (χ4n) is 6.70. The summed E-state index contributed by atoms with van der Waals surface area (Å²) in [5, 5.41) is 9.56. The van der Waals surface area contributed by atoms with E-state index in [0.29, 0.717) is 24.2 Å². The van der Waals surface area contributed by atoms with E-state index in [1.165, 1.54) is 11.0 Å². The number of piperidine rings is 1. The predicted octanol–water partition coefficient (Wildman–Crippen LogP) is 5.89. The van der Waals surface area contributed by atoms with E-state index >= 15 is 4.39 Å². The molecule has 9 nitrogen and oxygen atoms in total. The highest BCUT2D eigenvalue weighted by atomic mass is 19.1. The average Bonchev–Trinajstić information content (AvgIpc) is 3.37. The number of carbonyl (C=O) groups is 2. The average molecular weight is 625 g/mol. The van der Waals surface area contributed by atoms with Crippen molar-refractivity contribution in [3.63, 3.8) is 0 Å². The number of aromatic nitrogens is 2. The molecule has 3 aliphatic rings. The molecule has 0 radical (unpaired) electrons. The zero-order valence-corrected chi connectivity index (χ0v) is 26.0. The molecular weight excluding hydrogens is 587 g/mol. The summed E-state index contributed by atoms with van der Waals surface area (Å²) in [6.07, 6.45) is 6.22. The summed E-state index contributed by atoms with van der Waals surface area (Å²) in [6.45, 7) is 3.81. The van der Waals surface area contributed by atoms with Crippen molar-refractivity contribution in [3.8, 4) is 5.75 Å². The fraction of sp³-hybridized carbons (Fsp3) is 0.361. The van der Waals surface area contributed by atoms with Crippen molar-refractivity contribution >= 4 is 29.0 Å². The minimum atomic E-state index is -0.952. The molecule has 1 N–H and O–H groups in total. The van der Waals surface area contributed by atoms with Gasteiger partial charge < -0.3 is 24.0 Å². The minimum Gasteiger partial charge on any atom is -0.481 e. The number of imidazole rings is 1. The first kappa shape index (κ1) is 30.1. The molecule has 46 heavy (non-hydrogen) atoms. The van der Waals surface area contributed by atoms with Crippen molar-refractivity contribution in [2.75, 3.05) is 33.8 Å². The molecule has 2 fully saturated rings. The number of ether oxygens (including phenoxy) is 2. The number of fused-ring (bicyclic) bond motifs is 2.